The molecular formula is C22H18F2IN3O3S2. The second kappa shape index (κ2) is 9.11. The van der Waals surface area contributed by atoms with Crippen LogP contribution in [0, 0.1) is 11.6 Å². The van der Waals surface area contributed by atoms with Gasteiger partial charge in [0.2, 0.25) is 0 Å². The van der Waals surface area contributed by atoms with E-state index in [0.29, 0.717) is 27.7 Å². The van der Waals surface area contributed by atoms with Crippen molar-refractivity contribution in [1.29, 1.82) is 0 Å². The van der Waals surface area contributed by atoms with Crippen molar-refractivity contribution in [2.24, 2.45) is 11.4 Å². The molecule has 0 bridgehead atoms. The standard InChI is InChI=1S/C22H18F2IN3O3S2/c1-27-12-17(15-8-9-28(32-25)21(15)22(27)29)16-11-14(26-33(2,3)30)5-7-19(16)31-20-6-4-13(23)10-18(20)24/h4-12H,1-3H3. The molecule has 0 saturated heterocycles. The lowest BCUT2D eigenvalue weighted by Crippen LogP contribution is -2.17. The van der Waals surface area contributed by atoms with Gasteiger partial charge in [0.25, 0.3) is 5.56 Å². The number of aryl methyl sites for hydroxylation is 1. The Hall–Kier alpha value is -2.38. The molecule has 2 aromatic heterocycles. The average molecular weight is 601 g/mol. The molecule has 0 unspecified atom stereocenters. The van der Waals surface area contributed by atoms with Gasteiger partial charge in [-0.15, -0.1) is 0 Å². The number of benzene rings is 2. The number of fused-ring (bicyclic) bond motifs is 1. The predicted octanol–water partition coefficient (Wildman–Crippen LogP) is 6.28. The Morgan fingerprint density at radius 1 is 1.06 bits per heavy atom. The first kappa shape index (κ1) is 23.8. The summed E-state index contributed by atoms with van der Waals surface area (Å²) in [5.74, 6) is -1.45. The molecule has 0 atom stereocenters. The minimum Gasteiger partial charge on any atom is -0.454 e. The Labute approximate surface area is 205 Å². The molecule has 2 aromatic carbocycles. The van der Waals surface area contributed by atoms with Crippen LogP contribution in [0.3, 0.4) is 0 Å². The fourth-order valence-electron chi connectivity index (χ4n) is 3.41. The normalized spacial score (nSPS) is 11.7. The van der Waals surface area contributed by atoms with Crippen LogP contribution < -0.4 is 10.3 Å². The molecule has 0 aliphatic heterocycles. The number of pyridine rings is 1. The van der Waals surface area contributed by atoms with Gasteiger partial charge in [-0.3, -0.25) is 8.77 Å². The SMILES string of the molecule is Cn1cc(-c2cc(N=S(C)(C)=O)ccc2Oc2ccc(F)cc2F)c2ccn(SI)c2c1=O. The second-order valence-corrected chi connectivity index (χ2v) is 11.8. The van der Waals surface area contributed by atoms with E-state index in [1.165, 1.54) is 32.3 Å². The van der Waals surface area contributed by atoms with Gasteiger partial charge in [0.1, 0.15) is 17.1 Å². The zero-order valence-corrected chi connectivity index (χ0v) is 21.5. The van der Waals surface area contributed by atoms with E-state index in [-0.39, 0.29) is 17.1 Å². The van der Waals surface area contributed by atoms with Crippen molar-refractivity contribution >= 4 is 56.6 Å². The molecule has 172 valence electrons. The molecule has 0 radical (unpaired) electrons. The van der Waals surface area contributed by atoms with Crippen LogP contribution in [0.5, 0.6) is 11.5 Å². The molecular weight excluding hydrogens is 583 g/mol. The molecule has 4 aromatic rings. The first-order valence-electron chi connectivity index (χ1n) is 9.51. The quantitative estimate of drug-likeness (QED) is 0.253. The Bertz CT molecular complexity index is 1570. The third kappa shape index (κ3) is 4.94. The third-order valence-electron chi connectivity index (χ3n) is 4.75. The van der Waals surface area contributed by atoms with Gasteiger partial charge in [0.15, 0.2) is 11.6 Å². The molecule has 0 aliphatic carbocycles. The zero-order valence-electron chi connectivity index (χ0n) is 17.7. The molecule has 4 rings (SSSR count). The topological polar surface area (TPSA) is 65.6 Å². The summed E-state index contributed by atoms with van der Waals surface area (Å²) >= 11 is 2.09. The van der Waals surface area contributed by atoms with Crippen molar-refractivity contribution < 1.29 is 17.7 Å². The van der Waals surface area contributed by atoms with Gasteiger partial charge in [0, 0.05) is 94.6 Å². The highest BCUT2D eigenvalue weighted by molar-refractivity contribution is 14.2. The molecule has 6 nitrogen and oxygen atoms in total. The minimum atomic E-state index is -2.45. The van der Waals surface area contributed by atoms with Gasteiger partial charge in [0.05, 0.1) is 5.69 Å². The number of hydrogen-bond donors (Lipinski definition) is 0. The van der Waals surface area contributed by atoms with E-state index >= 15 is 0 Å². The fourth-order valence-corrected chi connectivity index (χ4v) is 5.37. The van der Waals surface area contributed by atoms with Gasteiger partial charge in [-0.2, -0.15) is 4.36 Å². The molecule has 33 heavy (non-hydrogen) atoms. The van der Waals surface area contributed by atoms with Crippen molar-refractivity contribution in [1.82, 2.24) is 8.54 Å². The monoisotopic (exact) mass is 601 g/mol. The van der Waals surface area contributed by atoms with E-state index in [1.54, 1.807) is 41.6 Å². The fraction of sp³-hybridized carbons (Fsp3) is 0.136. The smallest absolute Gasteiger partial charge is 0.275 e. The Morgan fingerprint density at radius 3 is 2.45 bits per heavy atom. The molecule has 0 saturated carbocycles. The van der Waals surface area contributed by atoms with Crippen LogP contribution >= 0.6 is 30.3 Å². The zero-order chi connectivity index (χ0) is 23.9. The maximum Gasteiger partial charge on any atom is 0.275 e. The van der Waals surface area contributed by atoms with Crippen LogP contribution in [-0.2, 0) is 16.8 Å². The summed E-state index contributed by atoms with van der Waals surface area (Å²) in [6.45, 7) is 0. The largest absolute Gasteiger partial charge is 0.454 e. The van der Waals surface area contributed by atoms with Crippen LogP contribution in [0.25, 0.3) is 22.0 Å². The Morgan fingerprint density at radius 2 is 1.79 bits per heavy atom. The van der Waals surface area contributed by atoms with Crippen LogP contribution in [-0.4, -0.2) is 25.3 Å². The molecule has 0 spiro atoms. The Balaban J connectivity index is 2.00. The van der Waals surface area contributed by atoms with Gasteiger partial charge < -0.3 is 9.30 Å². The Kier molecular flexibility index (Phi) is 6.56. The lowest BCUT2D eigenvalue weighted by atomic mass is 10.0. The average Bonchev–Trinajstić information content (AvgIpc) is 3.17. The van der Waals surface area contributed by atoms with E-state index in [1.807, 2.05) is 6.07 Å². The van der Waals surface area contributed by atoms with Crippen molar-refractivity contribution in [3.63, 3.8) is 0 Å². The number of aromatic nitrogens is 2. The highest BCUT2D eigenvalue weighted by Gasteiger charge is 2.18. The van der Waals surface area contributed by atoms with Crippen molar-refractivity contribution in [3.05, 3.63) is 76.8 Å². The van der Waals surface area contributed by atoms with E-state index in [2.05, 4.69) is 25.6 Å². The lowest BCUT2D eigenvalue weighted by molar-refractivity contribution is 0.439. The minimum absolute atomic E-state index is 0.154. The highest BCUT2D eigenvalue weighted by Crippen LogP contribution is 2.40. The van der Waals surface area contributed by atoms with Crippen LogP contribution in [0.15, 0.2) is 64.0 Å². The predicted molar refractivity (Wildman–Crippen MR) is 138 cm³/mol. The summed E-state index contributed by atoms with van der Waals surface area (Å²) in [4.78, 5) is 12.8. The molecule has 2 heterocycles. The van der Waals surface area contributed by atoms with Crippen molar-refractivity contribution in [3.8, 4) is 22.6 Å². The summed E-state index contributed by atoms with van der Waals surface area (Å²) in [6.07, 6.45) is 6.49. The summed E-state index contributed by atoms with van der Waals surface area (Å²) in [5.41, 5.74) is 1.90. The van der Waals surface area contributed by atoms with E-state index < -0.39 is 21.4 Å². The van der Waals surface area contributed by atoms with Gasteiger partial charge in [-0.1, -0.05) is 0 Å². The number of ether oxygens (including phenoxy) is 1. The van der Waals surface area contributed by atoms with E-state index in [9.17, 15) is 17.8 Å². The maximum atomic E-state index is 14.3. The number of halogens is 3. The first-order chi connectivity index (χ1) is 15.6. The van der Waals surface area contributed by atoms with Crippen molar-refractivity contribution in [2.45, 2.75) is 0 Å². The third-order valence-corrected chi connectivity index (χ3v) is 7.13. The lowest BCUT2D eigenvalue weighted by Gasteiger charge is -2.15. The van der Waals surface area contributed by atoms with Crippen LogP contribution in [0.2, 0.25) is 0 Å². The van der Waals surface area contributed by atoms with Crippen LogP contribution in [0.4, 0.5) is 14.5 Å². The summed E-state index contributed by atoms with van der Waals surface area (Å²) in [6, 6.07) is 9.74. The summed E-state index contributed by atoms with van der Waals surface area (Å²) in [5, 5.41) is 0.664. The van der Waals surface area contributed by atoms with E-state index in [4.69, 9.17) is 4.74 Å². The van der Waals surface area contributed by atoms with Crippen molar-refractivity contribution in [2.75, 3.05) is 12.5 Å². The molecule has 0 aliphatic rings. The highest BCUT2D eigenvalue weighted by atomic mass is 127. The summed E-state index contributed by atoms with van der Waals surface area (Å²) < 4.78 is 53.3. The molecule has 0 fully saturated rings. The number of nitrogens with zero attached hydrogens (tertiary/aromatic N) is 3. The van der Waals surface area contributed by atoms with Gasteiger partial charge in [-0.05, 0) is 36.4 Å². The maximum absolute atomic E-state index is 14.3. The van der Waals surface area contributed by atoms with E-state index in [0.717, 1.165) is 12.1 Å². The second-order valence-electron chi connectivity index (χ2n) is 7.56. The number of hydrogen-bond acceptors (Lipinski definition) is 5. The first-order valence-corrected chi connectivity index (χ1v) is 15.2. The summed E-state index contributed by atoms with van der Waals surface area (Å²) in [7, 11) is 0.544. The molecule has 11 heteroatoms. The molecule has 0 amide bonds. The van der Waals surface area contributed by atoms with Crippen LogP contribution in [0.1, 0.15) is 0 Å². The molecule has 0 N–H and O–H groups in total. The van der Waals surface area contributed by atoms with Gasteiger partial charge in [-0.25, -0.2) is 13.0 Å². The number of rotatable bonds is 5. The van der Waals surface area contributed by atoms with Gasteiger partial charge >= 0.3 is 0 Å².